The Morgan fingerprint density at radius 1 is 1.10 bits per heavy atom. The number of hydrogen-bond donors (Lipinski definition) is 1. The molecule has 2 nitrogen and oxygen atoms in total. The van der Waals surface area contributed by atoms with Crippen LogP contribution in [0.15, 0.2) is 30.5 Å². The molecule has 116 valence electrons. The Balaban J connectivity index is 2.27. The minimum Gasteiger partial charge on any atom is -0.347 e. The number of rotatable bonds is 4. The van der Waals surface area contributed by atoms with E-state index in [1.165, 1.54) is 0 Å². The standard InChI is InChI=1S/C16H21F3N2/c1-15(2,3)20-11-13-6-4-5-12-7-9-21(14(12)13)10-8-16(17,18)19/h4-7,9,20H,8,10-11H2,1-3H3. The molecule has 0 atom stereocenters. The molecule has 0 amide bonds. The van der Waals surface area contributed by atoms with Crippen molar-refractivity contribution in [3.63, 3.8) is 0 Å². The highest BCUT2D eigenvalue weighted by atomic mass is 19.4. The Morgan fingerprint density at radius 2 is 1.81 bits per heavy atom. The lowest BCUT2D eigenvalue weighted by Gasteiger charge is -2.21. The van der Waals surface area contributed by atoms with Gasteiger partial charge in [-0.3, -0.25) is 0 Å². The van der Waals surface area contributed by atoms with E-state index in [-0.39, 0.29) is 12.1 Å². The van der Waals surface area contributed by atoms with Crippen molar-refractivity contribution in [1.29, 1.82) is 0 Å². The second-order valence-corrected chi connectivity index (χ2v) is 6.33. The fourth-order valence-electron chi connectivity index (χ4n) is 2.28. The molecule has 2 aromatic rings. The first-order valence-corrected chi connectivity index (χ1v) is 7.04. The minimum absolute atomic E-state index is 0.0362. The number of nitrogens with zero attached hydrogens (tertiary/aromatic N) is 1. The van der Waals surface area contributed by atoms with Gasteiger partial charge < -0.3 is 9.88 Å². The molecule has 0 radical (unpaired) electrons. The van der Waals surface area contributed by atoms with E-state index in [1.54, 1.807) is 10.8 Å². The molecular formula is C16H21F3N2. The summed E-state index contributed by atoms with van der Waals surface area (Å²) in [7, 11) is 0. The molecule has 1 aromatic carbocycles. The maximum Gasteiger partial charge on any atom is 0.390 e. The minimum atomic E-state index is -4.13. The van der Waals surface area contributed by atoms with Crippen LogP contribution in [0.2, 0.25) is 0 Å². The number of fused-ring (bicyclic) bond motifs is 1. The summed E-state index contributed by atoms with van der Waals surface area (Å²) in [6.45, 7) is 6.79. The van der Waals surface area contributed by atoms with Crippen LogP contribution in [0, 0.1) is 0 Å². The van der Waals surface area contributed by atoms with Gasteiger partial charge in [0.25, 0.3) is 0 Å². The third kappa shape index (κ3) is 4.49. The van der Waals surface area contributed by atoms with E-state index in [1.807, 2.05) is 24.3 Å². The predicted molar refractivity (Wildman–Crippen MR) is 79.2 cm³/mol. The lowest BCUT2D eigenvalue weighted by atomic mass is 10.1. The topological polar surface area (TPSA) is 17.0 Å². The molecule has 1 aromatic heterocycles. The van der Waals surface area contributed by atoms with E-state index in [0.717, 1.165) is 16.5 Å². The lowest BCUT2D eigenvalue weighted by Crippen LogP contribution is -2.35. The third-order valence-corrected chi connectivity index (χ3v) is 3.32. The summed E-state index contributed by atoms with van der Waals surface area (Å²) in [4.78, 5) is 0. The van der Waals surface area contributed by atoms with Gasteiger partial charge in [-0.15, -0.1) is 0 Å². The summed E-state index contributed by atoms with van der Waals surface area (Å²) >= 11 is 0. The Bertz CT molecular complexity index is 606. The zero-order valence-electron chi connectivity index (χ0n) is 12.6. The molecule has 0 fully saturated rings. The number of benzene rings is 1. The van der Waals surface area contributed by atoms with Gasteiger partial charge in [-0.25, -0.2) is 0 Å². The van der Waals surface area contributed by atoms with Crippen molar-refractivity contribution in [3.05, 3.63) is 36.0 Å². The van der Waals surface area contributed by atoms with Crippen molar-refractivity contribution in [2.75, 3.05) is 0 Å². The Morgan fingerprint density at radius 3 is 2.43 bits per heavy atom. The maximum absolute atomic E-state index is 12.4. The number of alkyl halides is 3. The molecule has 21 heavy (non-hydrogen) atoms. The summed E-state index contributed by atoms with van der Waals surface area (Å²) in [6, 6.07) is 7.70. The number of aryl methyl sites for hydroxylation is 1. The molecule has 5 heteroatoms. The molecular weight excluding hydrogens is 277 g/mol. The van der Waals surface area contributed by atoms with Crippen LogP contribution in [0.25, 0.3) is 10.9 Å². The first-order chi connectivity index (χ1) is 9.66. The highest BCUT2D eigenvalue weighted by Gasteiger charge is 2.27. The van der Waals surface area contributed by atoms with E-state index in [2.05, 4.69) is 26.1 Å². The molecule has 0 unspecified atom stereocenters. The molecule has 0 bridgehead atoms. The van der Waals surface area contributed by atoms with Gasteiger partial charge in [-0.05, 0) is 37.8 Å². The Labute approximate surface area is 122 Å². The van der Waals surface area contributed by atoms with Crippen LogP contribution in [-0.2, 0) is 13.1 Å². The summed E-state index contributed by atoms with van der Waals surface area (Å²) < 4.78 is 39.0. The quantitative estimate of drug-likeness (QED) is 0.880. The molecule has 1 heterocycles. The SMILES string of the molecule is CC(C)(C)NCc1cccc2ccn(CCC(F)(F)F)c12. The van der Waals surface area contributed by atoms with Gasteiger partial charge in [0.15, 0.2) is 0 Å². The van der Waals surface area contributed by atoms with Crippen LogP contribution in [0.1, 0.15) is 32.8 Å². The van der Waals surface area contributed by atoms with E-state index in [9.17, 15) is 13.2 Å². The van der Waals surface area contributed by atoms with Crippen molar-refractivity contribution in [3.8, 4) is 0 Å². The average molecular weight is 298 g/mol. The van der Waals surface area contributed by atoms with Crippen molar-refractivity contribution >= 4 is 10.9 Å². The number of hydrogen-bond acceptors (Lipinski definition) is 1. The van der Waals surface area contributed by atoms with Gasteiger partial charge >= 0.3 is 6.18 Å². The molecule has 0 aliphatic rings. The smallest absolute Gasteiger partial charge is 0.347 e. The highest BCUT2D eigenvalue weighted by Crippen LogP contribution is 2.25. The zero-order valence-corrected chi connectivity index (χ0v) is 12.6. The van der Waals surface area contributed by atoms with E-state index < -0.39 is 12.6 Å². The summed E-state index contributed by atoms with van der Waals surface area (Å²) in [5, 5.41) is 4.36. The first-order valence-electron chi connectivity index (χ1n) is 7.04. The maximum atomic E-state index is 12.4. The molecule has 0 saturated heterocycles. The van der Waals surface area contributed by atoms with Gasteiger partial charge in [-0.1, -0.05) is 18.2 Å². The van der Waals surface area contributed by atoms with Crippen LogP contribution >= 0.6 is 0 Å². The fourth-order valence-corrected chi connectivity index (χ4v) is 2.28. The average Bonchev–Trinajstić information content (AvgIpc) is 2.76. The molecule has 0 spiro atoms. The first kappa shape index (κ1) is 15.9. The molecule has 0 saturated carbocycles. The number of aromatic nitrogens is 1. The Hall–Kier alpha value is -1.49. The van der Waals surface area contributed by atoms with Crippen LogP contribution in [-0.4, -0.2) is 16.3 Å². The van der Waals surface area contributed by atoms with E-state index in [0.29, 0.717) is 6.54 Å². The van der Waals surface area contributed by atoms with Gasteiger partial charge in [0.05, 0.1) is 11.9 Å². The number of halogens is 3. The van der Waals surface area contributed by atoms with Gasteiger partial charge in [0.1, 0.15) is 0 Å². The molecule has 0 aliphatic heterocycles. The van der Waals surface area contributed by atoms with E-state index >= 15 is 0 Å². The number of para-hydroxylation sites is 1. The predicted octanol–water partition coefficient (Wildman–Crippen LogP) is 4.48. The van der Waals surface area contributed by atoms with Gasteiger partial charge in [-0.2, -0.15) is 13.2 Å². The van der Waals surface area contributed by atoms with Crippen molar-refractivity contribution in [1.82, 2.24) is 9.88 Å². The van der Waals surface area contributed by atoms with Gasteiger partial charge in [0.2, 0.25) is 0 Å². The van der Waals surface area contributed by atoms with Crippen molar-refractivity contribution in [2.45, 2.75) is 52.0 Å². The molecule has 0 aliphatic carbocycles. The highest BCUT2D eigenvalue weighted by molar-refractivity contribution is 5.83. The van der Waals surface area contributed by atoms with Gasteiger partial charge in [0, 0.05) is 24.8 Å². The zero-order chi connectivity index (χ0) is 15.7. The second-order valence-electron chi connectivity index (χ2n) is 6.33. The molecule has 1 N–H and O–H groups in total. The van der Waals surface area contributed by atoms with Crippen LogP contribution in [0.3, 0.4) is 0 Å². The van der Waals surface area contributed by atoms with Crippen LogP contribution < -0.4 is 5.32 Å². The monoisotopic (exact) mass is 298 g/mol. The fraction of sp³-hybridized carbons (Fsp3) is 0.500. The second kappa shape index (κ2) is 5.72. The van der Waals surface area contributed by atoms with Crippen LogP contribution in [0.4, 0.5) is 13.2 Å². The summed E-state index contributed by atoms with van der Waals surface area (Å²) in [5.74, 6) is 0. The van der Waals surface area contributed by atoms with Crippen molar-refractivity contribution < 1.29 is 13.2 Å². The summed E-state index contributed by atoms with van der Waals surface area (Å²) in [5.41, 5.74) is 1.87. The normalized spacial score (nSPS) is 13.0. The third-order valence-electron chi connectivity index (χ3n) is 3.32. The van der Waals surface area contributed by atoms with Crippen LogP contribution in [0.5, 0.6) is 0 Å². The van der Waals surface area contributed by atoms with E-state index in [4.69, 9.17) is 0 Å². The Kier molecular flexibility index (Phi) is 4.33. The number of nitrogens with one attached hydrogen (secondary N) is 1. The largest absolute Gasteiger partial charge is 0.390 e. The molecule has 2 rings (SSSR count). The van der Waals surface area contributed by atoms with Crippen molar-refractivity contribution in [2.24, 2.45) is 0 Å². The lowest BCUT2D eigenvalue weighted by molar-refractivity contribution is -0.136. The summed E-state index contributed by atoms with van der Waals surface area (Å²) in [6.07, 6.45) is -3.20.